The molecule has 234 valence electrons. The molecule has 0 heteroatoms. The molecule has 0 unspecified atom stereocenters. The number of hydrogen-bond acceptors (Lipinski definition) is 0. The Morgan fingerprint density at radius 1 is 0.191 bits per heavy atom. The first kappa shape index (κ1) is 34.4. The fourth-order valence-electron chi connectivity index (χ4n) is 5.86. The molecule has 0 fully saturated rings. The first-order chi connectivity index (χ1) is 22.8. The Morgan fingerprint density at radius 3 is 0.468 bits per heavy atom. The predicted octanol–water partition coefficient (Wildman–Crippen LogP) is 14.7. The van der Waals surface area contributed by atoms with Crippen LogP contribution >= 0.6 is 0 Å². The molecule has 9 rings (SSSR count). The van der Waals surface area contributed by atoms with E-state index in [9.17, 15) is 0 Å². The van der Waals surface area contributed by atoms with E-state index in [4.69, 9.17) is 0 Å². The molecule has 0 saturated heterocycles. The standard InChI is InChI=1S/3C14H10.2C2H6.CH4/c3*1-3-7-13-11(5-1)9-10-12-6-2-4-8-14(12)13;2*1-2;/h3*1-10H;2*1-2H3;1H4. The third-order valence-electron chi connectivity index (χ3n) is 7.96. The third-order valence-corrected chi connectivity index (χ3v) is 7.96. The minimum Gasteiger partial charge on any atom is -0.0776 e. The first-order valence-corrected chi connectivity index (χ1v) is 16.4. The lowest BCUT2D eigenvalue weighted by molar-refractivity contribution is 1.50. The summed E-state index contributed by atoms with van der Waals surface area (Å²) >= 11 is 0. The van der Waals surface area contributed by atoms with Gasteiger partial charge in [0, 0.05) is 0 Å². The van der Waals surface area contributed by atoms with E-state index in [1.54, 1.807) is 0 Å². The molecule has 9 aromatic carbocycles. The molecule has 0 aliphatic rings. The second kappa shape index (κ2) is 17.3. The van der Waals surface area contributed by atoms with E-state index in [-0.39, 0.29) is 7.43 Å². The lowest BCUT2D eigenvalue weighted by atomic mass is 10.0. The normalized spacial score (nSPS) is 9.96. The third kappa shape index (κ3) is 7.86. The SMILES string of the molecule is C.CC.CC.c1ccc2c(c1)ccc1ccccc12.c1ccc2c(c1)ccc1ccccc12.c1ccc2c(c1)ccc1ccccc12. The molecule has 0 radical (unpaired) electrons. The van der Waals surface area contributed by atoms with Crippen molar-refractivity contribution >= 4 is 64.6 Å². The van der Waals surface area contributed by atoms with Crippen molar-refractivity contribution in [2.45, 2.75) is 35.1 Å². The first-order valence-electron chi connectivity index (χ1n) is 16.4. The molecule has 0 heterocycles. The van der Waals surface area contributed by atoms with Gasteiger partial charge in [-0.25, -0.2) is 0 Å². The minimum atomic E-state index is 0. The van der Waals surface area contributed by atoms with Gasteiger partial charge in [0.25, 0.3) is 0 Å². The van der Waals surface area contributed by atoms with Gasteiger partial charge in [0.05, 0.1) is 0 Å². The largest absolute Gasteiger partial charge is 0.0776 e. The van der Waals surface area contributed by atoms with Crippen molar-refractivity contribution in [3.05, 3.63) is 182 Å². The summed E-state index contributed by atoms with van der Waals surface area (Å²) in [5, 5.41) is 15.9. The van der Waals surface area contributed by atoms with Gasteiger partial charge in [-0.1, -0.05) is 217 Å². The predicted molar refractivity (Wildman–Crippen MR) is 214 cm³/mol. The van der Waals surface area contributed by atoms with E-state index in [1.807, 2.05) is 27.7 Å². The maximum absolute atomic E-state index is 2.18. The van der Waals surface area contributed by atoms with Crippen molar-refractivity contribution in [2.75, 3.05) is 0 Å². The Labute approximate surface area is 280 Å². The lowest BCUT2D eigenvalue weighted by Crippen LogP contribution is -1.75. The Bertz CT molecular complexity index is 1880. The van der Waals surface area contributed by atoms with E-state index in [0.29, 0.717) is 0 Å². The Hall–Kier alpha value is -5.46. The van der Waals surface area contributed by atoms with E-state index in [0.717, 1.165) is 0 Å². The molecule has 0 spiro atoms. The Balaban J connectivity index is 0.000000150. The summed E-state index contributed by atoms with van der Waals surface area (Å²) in [6, 6.07) is 64.1. The van der Waals surface area contributed by atoms with Crippen molar-refractivity contribution in [2.24, 2.45) is 0 Å². The fourth-order valence-corrected chi connectivity index (χ4v) is 5.86. The monoisotopic (exact) mass is 610 g/mol. The second-order valence-electron chi connectivity index (χ2n) is 10.5. The summed E-state index contributed by atoms with van der Waals surface area (Å²) in [5.41, 5.74) is 0. The van der Waals surface area contributed by atoms with Crippen molar-refractivity contribution in [3.8, 4) is 0 Å². The van der Waals surface area contributed by atoms with E-state index < -0.39 is 0 Å². The van der Waals surface area contributed by atoms with Gasteiger partial charge in [0.15, 0.2) is 0 Å². The topological polar surface area (TPSA) is 0 Å². The van der Waals surface area contributed by atoms with Gasteiger partial charge in [0.1, 0.15) is 0 Å². The summed E-state index contributed by atoms with van der Waals surface area (Å²) in [6.45, 7) is 8.00. The lowest BCUT2D eigenvalue weighted by Gasteiger charge is -2.02. The maximum Gasteiger partial charge on any atom is -0.0105 e. The van der Waals surface area contributed by atoms with Gasteiger partial charge in [-0.3, -0.25) is 0 Å². The molecule has 9 aromatic rings. The van der Waals surface area contributed by atoms with E-state index >= 15 is 0 Å². The molecule has 0 atom stereocenters. The Morgan fingerprint density at radius 2 is 0.319 bits per heavy atom. The second-order valence-corrected chi connectivity index (χ2v) is 10.5. The van der Waals surface area contributed by atoms with Crippen molar-refractivity contribution in [1.82, 2.24) is 0 Å². The van der Waals surface area contributed by atoms with Gasteiger partial charge in [0.2, 0.25) is 0 Å². The highest BCUT2D eigenvalue weighted by Gasteiger charge is 1.99. The molecular weight excluding hydrogens is 565 g/mol. The van der Waals surface area contributed by atoms with Gasteiger partial charge < -0.3 is 0 Å². The van der Waals surface area contributed by atoms with E-state index in [1.165, 1.54) is 64.6 Å². The van der Waals surface area contributed by atoms with Crippen LogP contribution in [0.25, 0.3) is 64.6 Å². The fraction of sp³-hybridized carbons (Fsp3) is 0.106. The zero-order chi connectivity index (χ0) is 32.1. The average molecular weight is 611 g/mol. The molecule has 0 bridgehead atoms. The van der Waals surface area contributed by atoms with E-state index in [2.05, 4.69) is 182 Å². The summed E-state index contributed by atoms with van der Waals surface area (Å²) in [7, 11) is 0. The average Bonchev–Trinajstić information content (AvgIpc) is 3.17. The van der Waals surface area contributed by atoms with Crippen molar-refractivity contribution in [1.29, 1.82) is 0 Å². The van der Waals surface area contributed by atoms with Crippen LogP contribution in [0.15, 0.2) is 182 Å². The van der Waals surface area contributed by atoms with Crippen molar-refractivity contribution in [3.63, 3.8) is 0 Å². The van der Waals surface area contributed by atoms with Crippen LogP contribution in [0.2, 0.25) is 0 Å². The van der Waals surface area contributed by atoms with Crippen LogP contribution in [-0.4, -0.2) is 0 Å². The van der Waals surface area contributed by atoms with Crippen molar-refractivity contribution < 1.29 is 0 Å². The van der Waals surface area contributed by atoms with Crippen LogP contribution in [0, 0.1) is 0 Å². The number of hydrogen-bond donors (Lipinski definition) is 0. The molecule has 0 aromatic heterocycles. The summed E-state index contributed by atoms with van der Waals surface area (Å²) < 4.78 is 0. The van der Waals surface area contributed by atoms with Crippen LogP contribution in [0.5, 0.6) is 0 Å². The summed E-state index contributed by atoms with van der Waals surface area (Å²) in [4.78, 5) is 0. The maximum atomic E-state index is 2.18. The zero-order valence-electron chi connectivity index (χ0n) is 27.3. The van der Waals surface area contributed by atoms with Gasteiger partial charge in [-0.2, -0.15) is 0 Å². The van der Waals surface area contributed by atoms with Crippen LogP contribution in [0.4, 0.5) is 0 Å². The van der Waals surface area contributed by atoms with Gasteiger partial charge >= 0.3 is 0 Å². The Kier molecular flexibility index (Phi) is 12.7. The number of rotatable bonds is 0. The summed E-state index contributed by atoms with van der Waals surface area (Å²) in [6.07, 6.45) is 0. The molecule has 47 heavy (non-hydrogen) atoms. The molecule has 0 amide bonds. The number of fused-ring (bicyclic) bond motifs is 9. The highest BCUT2D eigenvalue weighted by atomic mass is 14.0. The quantitative estimate of drug-likeness (QED) is 0.150. The minimum absolute atomic E-state index is 0. The highest BCUT2D eigenvalue weighted by molar-refractivity contribution is 6.09. The molecular formula is C47H46. The van der Waals surface area contributed by atoms with Gasteiger partial charge in [-0.05, 0) is 64.6 Å². The summed E-state index contributed by atoms with van der Waals surface area (Å²) in [5.74, 6) is 0. The van der Waals surface area contributed by atoms with Crippen LogP contribution in [-0.2, 0) is 0 Å². The smallest absolute Gasteiger partial charge is 0.0105 e. The molecule has 0 aliphatic heterocycles. The van der Waals surface area contributed by atoms with Crippen LogP contribution in [0.1, 0.15) is 35.1 Å². The molecule has 0 aliphatic carbocycles. The van der Waals surface area contributed by atoms with Crippen LogP contribution < -0.4 is 0 Å². The highest BCUT2D eigenvalue weighted by Crippen LogP contribution is 2.26. The van der Waals surface area contributed by atoms with Crippen LogP contribution in [0.3, 0.4) is 0 Å². The molecule has 0 nitrogen and oxygen atoms in total. The molecule has 0 saturated carbocycles. The zero-order valence-corrected chi connectivity index (χ0v) is 27.3. The molecule has 0 N–H and O–H groups in total. The number of benzene rings is 9. The van der Waals surface area contributed by atoms with Gasteiger partial charge in [-0.15, -0.1) is 0 Å².